The van der Waals surface area contributed by atoms with Crippen LogP contribution in [0.1, 0.15) is 31.2 Å². The number of hydrogen-bond donors (Lipinski definition) is 1. The zero-order chi connectivity index (χ0) is 17.2. The molecule has 0 bridgehead atoms. The average molecular weight is 352 g/mol. The van der Waals surface area contributed by atoms with E-state index in [-0.39, 0.29) is 18.2 Å². The van der Waals surface area contributed by atoms with Crippen LogP contribution in [0.15, 0.2) is 24.3 Å². The highest BCUT2D eigenvalue weighted by atomic mass is 32.2. The van der Waals surface area contributed by atoms with E-state index in [1.54, 1.807) is 7.11 Å². The molecule has 1 aliphatic carbocycles. The fourth-order valence-corrected chi connectivity index (χ4v) is 4.67. The van der Waals surface area contributed by atoms with Gasteiger partial charge in [-0.25, -0.2) is 12.7 Å². The van der Waals surface area contributed by atoms with Gasteiger partial charge < -0.3 is 10.1 Å². The van der Waals surface area contributed by atoms with Gasteiger partial charge in [-0.05, 0) is 43.4 Å². The van der Waals surface area contributed by atoms with Crippen molar-refractivity contribution in [3.8, 4) is 5.75 Å². The number of nitrogens with one attached hydrogen (secondary N) is 1. The molecule has 6 nitrogen and oxygen atoms in total. The molecule has 1 aromatic rings. The average Bonchev–Trinajstić information content (AvgIpc) is 3.20. The van der Waals surface area contributed by atoms with E-state index >= 15 is 0 Å². The van der Waals surface area contributed by atoms with Crippen molar-refractivity contribution < 1.29 is 17.9 Å². The summed E-state index contributed by atoms with van der Waals surface area (Å²) in [4.78, 5) is 12.5. The van der Waals surface area contributed by atoms with Gasteiger partial charge in [0.25, 0.3) is 0 Å². The fraction of sp³-hybridized carbons (Fsp3) is 0.588. The number of carbonyl (C=O) groups excluding carboxylic acids is 1. The first kappa shape index (κ1) is 17.2. The smallest absolute Gasteiger partial charge is 0.230 e. The fourth-order valence-electron chi connectivity index (χ4n) is 3.24. The molecule has 24 heavy (non-hydrogen) atoms. The lowest BCUT2D eigenvalue weighted by Crippen LogP contribution is -2.40. The molecule has 132 valence electrons. The summed E-state index contributed by atoms with van der Waals surface area (Å²) in [6.45, 7) is 1.37. The Morgan fingerprint density at radius 3 is 2.38 bits per heavy atom. The Bertz CT molecular complexity index is 690. The van der Waals surface area contributed by atoms with Crippen LogP contribution in [0.4, 0.5) is 0 Å². The largest absolute Gasteiger partial charge is 0.497 e. The van der Waals surface area contributed by atoms with Gasteiger partial charge in [-0.2, -0.15) is 0 Å². The maximum Gasteiger partial charge on any atom is 0.230 e. The van der Waals surface area contributed by atoms with Crippen molar-refractivity contribution in [2.45, 2.75) is 31.1 Å². The third kappa shape index (κ3) is 3.42. The molecule has 1 heterocycles. The Morgan fingerprint density at radius 2 is 1.83 bits per heavy atom. The molecule has 1 saturated carbocycles. The van der Waals surface area contributed by atoms with Gasteiger partial charge in [-0.3, -0.25) is 4.79 Å². The minimum atomic E-state index is -3.25. The summed E-state index contributed by atoms with van der Waals surface area (Å²) in [5.41, 5.74) is 0.465. The molecule has 0 spiro atoms. The lowest BCUT2D eigenvalue weighted by Gasteiger charge is -2.18. The molecule has 1 saturated heterocycles. The highest BCUT2D eigenvalue weighted by Gasteiger charge is 2.51. The zero-order valence-corrected chi connectivity index (χ0v) is 14.8. The number of rotatable bonds is 7. The van der Waals surface area contributed by atoms with Crippen LogP contribution in [0.2, 0.25) is 0 Å². The van der Waals surface area contributed by atoms with Gasteiger partial charge in [0.05, 0.1) is 18.3 Å². The molecule has 7 heteroatoms. The van der Waals surface area contributed by atoms with Crippen LogP contribution in [0, 0.1) is 0 Å². The number of methoxy groups -OCH3 is 1. The Hall–Kier alpha value is -1.60. The molecule has 1 N–H and O–H groups in total. The van der Waals surface area contributed by atoms with Crippen LogP contribution in [0.25, 0.3) is 0 Å². The summed E-state index contributed by atoms with van der Waals surface area (Å²) in [7, 11) is -1.65. The number of hydrogen-bond acceptors (Lipinski definition) is 4. The summed E-state index contributed by atoms with van der Waals surface area (Å²) in [6.07, 6.45) is 3.44. The minimum absolute atomic E-state index is 0.0303. The normalized spacial score (nSPS) is 19.9. The van der Waals surface area contributed by atoms with Crippen LogP contribution in [-0.4, -0.2) is 51.1 Å². The van der Waals surface area contributed by atoms with Gasteiger partial charge in [-0.1, -0.05) is 12.1 Å². The van der Waals surface area contributed by atoms with Crippen molar-refractivity contribution in [1.82, 2.24) is 9.62 Å². The predicted octanol–water partition coefficient (Wildman–Crippen LogP) is 1.27. The van der Waals surface area contributed by atoms with Crippen LogP contribution in [0.3, 0.4) is 0 Å². The van der Waals surface area contributed by atoms with Gasteiger partial charge in [0, 0.05) is 19.6 Å². The molecule has 1 amide bonds. The first-order valence-electron chi connectivity index (χ1n) is 8.39. The topological polar surface area (TPSA) is 75.7 Å². The van der Waals surface area contributed by atoms with E-state index in [4.69, 9.17) is 4.74 Å². The number of benzene rings is 1. The Balaban J connectivity index is 1.56. The van der Waals surface area contributed by atoms with Gasteiger partial charge in [0.2, 0.25) is 15.9 Å². The van der Waals surface area contributed by atoms with Crippen molar-refractivity contribution in [3.05, 3.63) is 29.8 Å². The first-order chi connectivity index (χ1) is 11.5. The van der Waals surface area contributed by atoms with Gasteiger partial charge in [0.15, 0.2) is 0 Å². The first-order valence-corrected chi connectivity index (χ1v) is 9.99. The summed E-state index contributed by atoms with van der Waals surface area (Å²) >= 11 is 0. The molecule has 1 aromatic carbocycles. The molecule has 1 aliphatic heterocycles. The molecule has 3 rings (SSSR count). The van der Waals surface area contributed by atoms with Crippen molar-refractivity contribution in [2.75, 3.05) is 32.5 Å². The maximum absolute atomic E-state index is 12.5. The molecular weight excluding hydrogens is 328 g/mol. The molecular formula is C17H24N2O4S. The van der Waals surface area contributed by atoms with E-state index in [2.05, 4.69) is 5.32 Å². The van der Waals surface area contributed by atoms with Gasteiger partial charge in [0.1, 0.15) is 5.75 Å². The predicted molar refractivity (Wildman–Crippen MR) is 91.5 cm³/mol. The number of ether oxygens (including phenoxy) is 1. The van der Waals surface area contributed by atoms with Crippen LogP contribution < -0.4 is 10.1 Å². The lowest BCUT2D eigenvalue weighted by molar-refractivity contribution is -0.123. The number of amides is 1. The number of carbonyl (C=O) groups is 1. The van der Waals surface area contributed by atoms with Gasteiger partial charge in [-0.15, -0.1) is 0 Å². The van der Waals surface area contributed by atoms with E-state index in [1.165, 1.54) is 4.31 Å². The van der Waals surface area contributed by atoms with Crippen molar-refractivity contribution >= 4 is 15.9 Å². The van der Waals surface area contributed by atoms with E-state index in [9.17, 15) is 13.2 Å². The highest BCUT2D eigenvalue weighted by Crippen LogP contribution is 2.48. The third-order valence-corrected chi connectivity index (χ3v) is 6.80. The van der Waals surface area contributed by atoms with Gasteiger partial charge >= 0.3 is 0 Å². The van der Waals surface area contributed by atoms with Crippen LogP contribution >= 0.6 is 0 Å². The molecule has 2 aliphatic rings. The van der Waals surface area contributed by atoms with Crippen molar-refractivity contribution in [2.24, 2.45) is 0 Å². The van der Waals surface area contributed by atoms with E-state index in [1.807, 2.05) is 24.3 Å². The van der Waals surface area contributed by atoms with E-state index in [0.717, 1.165) is 37.0 Å². The number of sulfonamides is 1. The zero-order valence-electron chi connectivity index (χ0n) is 14.0. The summed E-state index contributed by atoms with van der Waals surface area (Å²) in [5.74, 6) is 0.646. The minimum Gasteiger partial charge on any atom is -0.497 e. The number of nitrogens with zero attached hydrogens (tertiary/aromatic N) is 1. The monoisotopic (exact) mass is 352 g/mol. The Labute approximate surface area is 143 Å². The van der Waals surface area contributed by atoms with Crippen molar-refractivity contribution in [3.63, 3.8) is 0 Å². The van der Waals surface area contributed by atoms with E-state index in [0.29, 0.717) is 13.1 Å². The molecule has 0 radical (unpaired) electrons. The SMILES string of the molecule is COc1ccc(C2(C(=O)NCCS(=O)(=O)N3CCCC3)CC2)cc1. The third-order valence-electron chi connectivity index (χ3n) is 4.93. The van der Waals surface area contributed by atoms with E-state index < -0.39 is 15.4 Å². The summed E-state index contributed by atoms with van der Waals surface area (Å²) < 4.78 is 31.0. The highest BCUT2D eigenvalue weighted by molar-refractivity contribution is 7.89. The Kier molecular flexibility index (Phi) is 4.83. The molecule has 2 fully saturated rings. The lowest BCUT2D eigenvalue weighted by atomic mass is 9.95. The van der Waals surface area contributed by atoms with Crippen LogP contribution in [-0.2, 0) is 20.2 Å². The Morgan fingerprint density at radius 1 is 1.21 bits per heavy atom. The summed E-state index contributed by atoms with van der Waals surface area (Å²) in [5, 5.41) is 2.82. The molecule has 0 unspecified atom stereocenters. The second kappa shape index (κ2) is 6.72. The quantitative estimate of drug-likeness (QED) is 0.802. The van der Waals surface area contributed by atoms with Crippen molar-refractivity contribution in [1.29, 1.82) is 0 Å². The summed E-state index contributed by atoms with van der Waals surface area (Å²) in [6, 6.07) is 7.51. The molecule has 0 atom stereocenters. The second-order valence-corrected chi connectivity index (χ2v) is 8.58. The maximum atomic E-state index is 12.5. The molecule has 0 aromatic heterocycles. The van der Waals surface area contributed by atoms with Crippen LogP contribution in [0.5, 0.6) is 5.75 Å². The second-order valence-electron chi connectivity index (χ2n) is 6.49. The standard InChI is InChI=1S/C17H24N2O4S/c1-23-15-6-4-14(5-7-15)17(8-9-17)16(20)18-10-13-24(21,22)19-11-2-3-12-19/h4-7H,2-3,8-13H2,1H3,(H,18,20).